The molecule has 322 valence electrons. The summed E-state index contributed by atoms with van der Waals surface area (Å²) in [6, 6.07) is -1.16. The van der Waals surface area contributed by atoms with Crippen LogP contribution in [0.1, 0.15) is 194 Å². The van der Waals surface area contributed by atoms with Gasteiger partial charge < -0.3 is 50.5 Å². The third-order valence-corrected chi connectivity index (χ3v) is 11.1. The molecule has 1 aliphatic rings. The molecule has 54 heavy (non-hydrogen) atoms. The van der Waals surface area contributed by atoms with Gasteiger partial charge >= 0.3 is 0 Å². The lowest BCUT2D eigenvalue weighted by Crippen LogP contribution is -2.60. The van der Waals surface area contributed by atoms with E-state index < -0.39 is 74.2 Å². The Labute approximate surface area is 329 Å². The van der Waals surface area contributed by atoms with E-state index in [1.54, 1.807) is 0 Å². The summed E-state index contributed by atoms with van der Waals surface area (Å²) in [5, 5.41) is 75.5. The minimum Gasteiger partial charge on any atom is -0.394 e. The number of hydrogen-bond donors (Lipinski definition) is 8. The van der Waals surface area contributed by atoms with Crippen molar-refractivity contribution < 1.29 is 50.0 Å². The largest absolute Gasteiger partial charge is 0.394 e. The van der Waals surface area contributed by atoms with E-state index in [2.05, 4.69) is 26.1 Å². The van der Waals surface area contributed by atoms with Crippen LogP contribution in [0.25, 0.3) is 0 Å². The number of ether oxygens (including phenoxy) is 2. The quantitative estimate of drug-likeness (QED) is 0.0323. The lowest BCUT2D eigenvalue weighted by Gasteiger charge is -2.40. The Morgan fingerprint density at radius 1 is 0.611 bits per heavy atom. The van der Waals surface area contributed by atoms with Crippen molar-refractivity contribution in [3.63, 3.8) is 0 Å². The van der Waals surface area contributed by atoms with E-state index in [0.717, 1.165) is 44.4 Å². The van der Waals surface area contributed by atoms with Gasteiger partial charge in [0.25, 0.3) is 0 Å². The van der Waals surface area contributed by atoms with Crippen molar-refractivity contribution in [1.29, 1.82) is 0 Å². The first-order chi connectivity index (χ1) is 26.0. The third-order valence-electron chi connectivity index (χ3n) is 11.1. The maximum Gasteiger partial charge on any atom is 0.249 e. The second-order valence-electron chi connectivity index (χ2n) is 16.6. The highest BCUT2D eigenvalue weighted by atomic mass is 16.7. The van der Waals surface area contributed by atoms with Crippen molar-refractivity contribution in [2.24, 2.45) is 5.92 Å². The number of amides is 1. The van der Waals surface area contributed by atoms with Gasteiger partial charge in [-0.05, 0) is 18.8 Å². The molecule has 0 unspecified atom stereocenters. The molecule has 9 atom stereocenters. The van der Waals surface area contributed by atoms with Crippen LogP contribution in [0.2, 0.25) is 0 Å². The van der Waals surface area contributed by atoms with E-state index in [9.17, 15) is 40.5 Å². The topological polar surface area (TPSA) is 189 Å². The summed E-state index contributed by atoms with van der Waals surface area (Å²) in [7, 11) is 0. The SMILES string of the molecule is CCCCCCCCCCCCCCCCC[C@@H](O)C(=O)N[C@@H](CO[C@@H]1O[C@H](CO)[C@@H](O)[C@H](O)[C@H]1O)[C@H](O)[C@H](O)CCCCCCCCCCCC(C)C. The number of carbonyl (C=O) groups excluding carboxylic acids is 1. The van der Waals surface area contributed by atoms with Crippen molar-refractivity contribution in [2.45, 2.75) is 249 Å². The van der Waals surface area contributed by atoms with Crippen molar-refractivity contribution in [1.82, 2.24) is 5.32 Å². The smallest absolute Gasteiger partial charge is 0.249 e. The molecule has 0 bridgehead atoms. The maximum absolute atomic E-state index is 13.0. The molecule has 8 N–H and O–H groups in total. The molecule has 0 radical (unpaired) electrons. The molecule has 11 nitrogen and oxygen atoms in total. The Hall–Kier alpha value is -0.890. The van der Waals surface area contributed by atoms with Crippen LogP contribution >= 0.6 is 0 Å². The average Bonchev–Trinajstić information content (AvgIpc) is 3.15. The van der Waals surface area contributed by atoms with Crippen molar-refractivity contribution in [2.75, 3.05) is 13.2 Å². The van der Waals surface area contributed by atoms with Gasteiger partial charge in [0.1, 0.15) is 36.6 Å². The minimum absolute atomic E-state index is 0.265. The maximum atomic E-state index is 13.0. The summed E-state index contributed by atoms with van der Waals surface area (Å²) in [6.45, 7) is 5.72. The molecular formula is C43H85NO10. The molecule has 0 aromatic heterocycles. The van der Waals surface area contributed by atoms with E-state index in [-0.39, 0.29) is 6.42 Å². The number of aliphatic hydroxyl groups excluding tert-OH is 7. The molecule has 0 aliphatic carbocycles. The van der Waals surface area contributed by atoms with Crippen LogP contribution < -0.4 is 5.32 Å². The van der Waals surface area contributed by atoms with E-state index in [1.807, 2.05) is 0 Å². The van der Waals surface area contributed by atoms with E-state index in [0.29, 0.717) is 19.3 Å². The molecule has 11 heteroatoms. The van der Waals surface area contributed by atoms with Crippen molar-refractivity contribution >= 4 is 5.91 Å². The molecule has 1 aliphatic heterocycles. The highest BCUT2D eigenvalue weighted by molar-refractivity contribution is 5.80. The predicted octanol–water partition coefficient (Wildman–Crippen LogP) is 6.58. The van der Waals surface area contributed by atoms with Crippen molar-refractivity contribution in [3.05, 3.63) is 0 Å². The van der Waals surface area contributed by atoms with E-state index >= 15 is 0 Å². The first-order valence-electron chi connectivity index (χ1n) is 22.3. The molecule has 1 saturated heterocycles. The van der Waals surface area contributed by atoms with Gasteiger partial charge in [0.15, 0.2) is 6.29 Å². The fourth-order valence-electron chi connectivity index (χ4n) is 7.33. The van der Waals surface area contributed by atoms with Crippen LogP contribution in [0.4, 0.5) is 0 Å². The molecule has 0 aromatic carbocycles. The number of nitrogens with one attached hydrogen (secondary N) is 1. The van der Waals surface area contributed by atoms with Crippen molar-refractivity contribution in [3.8, 4) is 0 Å². The van der Waals surface area contributed by atoms with Crippen LogP contribution in [0.5, 0.6) is 0 Å². The summed E-state index contributed by atoms with van der Waals surface area (Å²) in [5.74, 6) is 0.0683. The summed E-state index contributed by atoms with van der Waals surface area (Å²) in [6.07, 6.45) is 18.8. The first kappa shape index (κ1) is 51.1. The van der Waals surface area contributed by atoms with Gasteiger partial charge in [-0.15, -0.1) is 0 Å². The predicted molar refractivity (Wildman–Crippen MR) is 215 cm³/mol. The normalized spacial score (nSPS) is 22.7. The standard InChI is InChI=1S/C43H85NO10/c1-4-5-6-7-8-9-10-11-12-13-14-17-21-24-27-30-36(47)42(52)44-34(32-53-43-41(51)40(50)39(49)37(31-45)54-43)38(48)35(46)29-26-23-20-18-15-16-19-22-25-28-33(2)3/h33-41,43,45-51H,4-32H2,1-3H3,(H,44,52)/t34-,35+,36+,37+,38-,39+,40-,41+,43+/m0/s1. The van der Waals surface area contributed by atoms with Gasteiger partial charge in [0, 0.05) is 0 Å². The Bertz CT molecular complexity index is 864. The molecule has 1 rings (SSSR count). The first-order valence-corrected chi connectivity index (χ1v) is 22.3. The third kappa shape index (κ3) is 24.0. The van der Waals surface area contributed by atoms with Crippen LogP contribution in [0.15, 0.2) is 0 Å². The van der Waals surface area contributed by atoms with E-state index in [1.165, 1.54) is 109 Å². The van der Waals surface area contributed by atoms with Gasteiger partial charge in [-0.2, -0.15) is 0 Å². The van der Waals surface area contributed by atoms with Gasteiger partial charge in [-0.1, -0.05) is 181 Å². The van der Waals surface area contributed by atoms with Gasteiger partial charge in [-0.3, -0.25) is 4.79 Å². The summed E-state index contributed by atoms with van der Waals surface area (Å²) >= 11 is 0. The van der Waals surface area contributed by atoms with Gasteiger partial charge in [0.05, 0.1) is 25.4 Å². The monoisotopic (exact) mass is 776 g/mol. The summed E-state index contributed by atoms with van der Waals surface area (Å²) in [4.78, 5) is 13.0. The van der Waals surface area contributed by atoms with Crippen LogP contribution in [0.3, 0.4) is 0 Å². The van der Waals surface area contributed by atoms with E-state index in [4.69, 9.17) is 9.47 Å². The summed E-state index contributed by atoms with van der Waals surface area (Å²) in [5.41, 5.74) is 0. The van der Waals surface area contributed by atoms with Crippen LogP contribution in [-0.4, -0.2) is 110 Å². The van der Waals surface area contributed by atoms with Crippen LogP contribution in [-0.2, 0) is 14.3 Å². The lowest BCUT2D eigenvalue weighted by atomic mass is 9.98. The zero-order valence-electron chi connectivity index (χ0n) is 34.6. The molecule has 0 aromatic rings. The zero-order chi connectivity index (χ0) is 40.0. The zero-order valence-corrected chi connectivity index (χ0v) is 34.6. The fourth-order valence-corrected chi connectivity index (χ4v) is 7.33. The summed E-state index contributed by atoms with van der Waals surface area (Å²) < 4.78 is 11.1. The Morgan fingerprint density at radius 2 is 1.04 bits per heavy atom. The molecule has 1 fully saturated rings. The number of unbranched alkanes of at least 4 members (excludes halogenated alkanes) is 22. The number of hydrogen-bond acceptors (Lipinski definition) is 10. The second kappa shape index (κ2) is 33.1. The second-order valence-corrected chi connectivity index (χ2v) is 16.6. The number of rotatable bonds is 36. The van der Waals surface area contributed by atoms with Crippen LogP contribution in [0, 0.1) is 5.92 Å². The highest BCUT2D eigenvalue weighted by Crippen LogP contribution is 2.23. The molecular weight excluding hydrogens is 690 g/mol. The highest BCUT2D eigenvalue weighted by Gasteiger charge is 2.44. The molecule has 0 spiro atoms. The Balaban J connectivity index is 2.48. The van der Waals surface area contributed by atoms with Gasteiger partial charge in [0.2, 0.25) is 5.91 Å². The number of aliphatic hydroxyl groups is 7. The lowest BCUT2D eigenvalue weighted by molar-refractivity contribution is -0.303. The fraction of sp³-hybridized carbons (Fsp3) is 0.977. The Kier molecular flexibility index (Phi) is 31.4. The number of carbonyl (C=O) groups is 1. The minimum atomic E-state index is -1.66. The molecule has 1 heterocycles. The van der Waals surface area contributed by atoms with Gasteiger partial charge in [-0.25, -0.2) is 0 Å². The molecule has 1 amide bonds. The molecule has 0 saturated carbocycles. The average molecular weight is 776 g/mol. The Morgan fingerprint density at radius 3 is 1.48 bits per heavy atom.